The summed E-state index contributed by atoms with van der Waals surface area (Å²) in [5, 5.41) is 9.33. The normalized spacial score (nSPS) is 11.1. The molecule has 0 saturated carbocycles. The molecular formula is C20H12FN7. The van der Waals surface area contributed by atoms with Crippen LogP contribution in [0.5, 0.6) is 0 Å². The third kappa shape index (κ3) is 2.30. The van der Waals surface area contributed by atoms with Gasteiger partial charge < -0.3 is 5.73 Å². The van der Waals surface area contributed by atoms with Crippen LogP contribution in [0.25, 0.3) is 33.8 Å². The molecular weight excluding hydrogens is 357 g/mol. The van der Waals surface area contributed by atoms with Crippen molar-refractivity contribution in [1.82, 2.24) is 23.8 Å². The molecule has 0 unspecified atom stereocenters. The van der Waals surface area contributed by atoms with E-state index in [1.54, 1.807) is 28.9 Å². The third-order valence-electron chi connectivity index (χ3n) is 4.58. The first kappa shape index (κ1) is 16.0. The van der Waals surface area contributed by atoms with E-state index >= 15 is 0 Å². The molecule has 5 aromatic rings. The van der Waals surface area contributed by atoms with E-state index in [4.69, 9.17) is 5.73 Å². The van der Waals surface area contributed by atoms with Crippen molar-refractivity contribution in [2.75, 3.05) is 5.73 Å². The molecule has 0 atom stereocenters. The highest BCUT2D eigenvalue weighted by atomic mass is 19.1. The number of pyridine rings is 1. The molecule has 0 aliphatic rings. The number of rotatable bonds is 2. The van der Waals surface area contributed by atoms with E-state index in [0.29, 0.717) is 28.2 Å². The minimum atomic E-state index is -0.333. The summed E-state index contributed by atoms with van der Waals surface area (Å²) >= 11 is 0. The smallest absolute Gasteiger partial charge is 0.180 e. The van der Waals surface area contributed by atoms with E-state index in [0.717, 1.165) is 11.3 Å². The van der Waals surface area contributed by atoms with Gasteiger partial charge in [0, 0.05) is 29.7 Å². The summed E-state index contributed by atoms with van der Waals surface area (Å²) in [5.74, 6) is -0.0602. The molecule has 0 fully saturated rings. The predicted molar refractivity (Wildman–Crippen MR) is 102 cm³/mol. The van der Waals surface area contributed by atoms with Crippen molar-refractivity contribution < 1.29 is 4.39 Å². The Morgan fingerprint density at radius 2 is 1.79 bits per heavy atom. The van der Waals surface area contributed by atoms with Gasteiger partial charge in [0.15, 0.2) is 11.5 Å². The molecule has 0 saturated heterocycles. The predicted octanol–water partition coefficient (Wildman–Crippen LogP) is 3.30. The first-order valence-corrected chi connectivity index (χ1v) is 8.42. The molecule has 0 amide bonds. The topological polar surface area (TPSA) is 97.3 Å². The third-order valence-corrected chi connectivity index (χ3v) is 4.58. The van der Waals surface area contributed by atoms with Crippen LogP contribution in [0.1, 0.15) is 5.69 Å². The van der Waals surface area contributed by atoms with Crippen molar-refractivity contribution in [3.8, 4) is 28.6 Å². The number of fused-ring (bicyclic) bond motifs is 2. The molecule has 28 heavy (non-hydrogen) atoms. The molecule has 134 valence electrons. The van der Waals surface area contributed by atoms with Gasteiger partial charge in [0.25, 0.3) is 0 Å². The standard InChI is InChI=1S/C20H12FN7/c21-14-4-1-12(2-5-14)17-18(27-8-7-24-20(27)19(23)26-17)13-3-6-16-25-10-15(9-22)28(16)11-13/h1-8,10-11H,(H2,23,26). The zero-order valence-corrected chi connectivity index (χ0v) is 14.4. The molecule has 0 spiro atoms. The van der Waals surface area contributed by atoms with Crippen LogP contribution in [0.3, 0.4) is 0 Å². The van der Waals surface area contributed by atoms with E-state index in [2.05, 4.69) is 21.0 Å². The number of imidazole rings is 2. The van der Waals surface area contributed by atoms with Crippen LogP contribution in [0.15, 0.2) is 61.2 Å². The maximum absolute atomic E-state index is 13.4. The second kappa shape index (κ2) is 5.89. The highest BCUT2D eigenvalue weighted by molar-refractivity contribution is 5.83. The second-order valence-electron chi connectivity index (χ2n) is 6.22. The van der Waals surface area contributed by atoms with Crippen LogP contribution in [-0.2, 0) is 0 Å². The number of nitrogens with zero attached hydrogens (tertiary/aromatic N) is 6. The van der Waals surface area contributed by atoms with E-state index in [9.17, 15) is 9.65 Å². The van der Waals surface area contributed by atoms with Gasteiger partial charge in [-0.3, -0.25) is 8.80 Å². The van der Waals surface area contributed by atoms with Crippen LogP contribution in [0, 0.1) is 17.1 Å². The Kier molecular flexibility index (Phi) is 3.36. The average Bonchev–Trinajstić information content (AvgIpc) is 3.35. The van der Waals surface area contributed by atoms with Crippen LogP contribution < -0.4 is 5.73 Å². The highest BCUT2D eigenvalue weighted by Gasteiger charge is 2.18. The molecule has 2 N–H and O–H groups in total. The van der Waals surface area contributed by atoms with Crippen molar-refractivity contribution in [3.05, 3.63) is 72.7 Å². The van der Waals surface area contributed by atoms with Crippen LogP contribution in [0.2, 0.25) is 0 Å². The summed E-state index contributed by atoms with van der Waals surface area (Å²) in [5.41, 5.74) is 10.5. The molecule has 0 aliphatic heterocycles. The molecule has 4 aromatic heterocycles. The highest BCUT2D eigenvalue weighted by Crippen LogP contribution is 2.33. The summed E-state index contributed by atoms with van der Waals surface area (Å²) in [4.78, 5) is 13.1. The Morgan fingerprint density at radius 3 is 2.57 bits per heavy atom. The zero-order valence-electron chi connectivity index (χ0n) is 14.4. The zero-order chi connectivity index (χ0) is 19.3. The molecule has 5 rings (SSSR count). The molecule has 4 heterocycles. The van der Waals surface area contributed by atoms with Gasteiger partial charge in [-0.25, -0.2) is 19.3 Å². The van der Waals surface area contributed by atoms with Crippen LogP contribution >= 0.6 is 0 Å². The Hall–Kier alpha value is -4.25. The largest absolute Gasteiger partial charge is 0.381 e. The fraction of sp³-hybridized carbons (Fsp3) is 0. The summed E-state index contributed by atoms with van der Waals surface area (Å²) in [7, 11) is 0. The number of anilines is 1. The lowest BCUT2D eigenvalue weighted by Gasteiger charge is -2.14. The lowest BCUT2D eigenvalue weighted by molar-refractivity contribution is 0.628. The number of nitrogen functional groups attached to an aromatic ring is 1. The van der Waals surface area contributed by atoms with E-state index < -0.39 is 0 Å². The van der Waals surface area contributed by atoms with Gasteiger partial charge in [0.1, 0.15) is 23.2 Å². The van der Waals surface area contributed by atoms with Gasteiger partial charge in [-0.15, -0.1) is 0 Å². The maximum Gasteiger partial charge on any atom is 0.180 e. The maximum atomic E-state index is 13.4. The summed E-state index contributed by atoms with van der Waals surface area (Å²) < 4.78 is 17.0. The van der Waals surface area contributed by atoms with Gasteiger partial charge in [0.05, 0.1) is 17.6 Å². The van der Waals surface area contributed by atoms with Gasteiger partial charge in [-0.05, 0) is 36.4 Å². The fourth-order valence-corrected chi connectivity index (χ4v) is 3.30. The van der Waals surface area contributed by atoms with Crippen molar-refractivity contribution in [3.63, 3.8) is 0 Å². The second-order valence-corrected chi connectivity index (χ2v) is 6.22. The van der Waals surface area contributed by atoms with Crippen molar-refractivity contribution in [1.29, 1.82) is 5.26 Å². The van der Waals surface area contributed by atoms with Crippen molar-refractivity contribution >= 4 is 17.1 Å². The monoisotopic (exact) mass is 369 g/mol. The lowest BCUT2D eigenvalue weighted by Crippen LogP contribution is -2.04. The van der Waals surface area contributed by atoms with E-state index in [-0.39, 0.29) is 11.6 Å². The molecule has 0 bridgehead atoms. The number of hydrogen-bond acceptors (Lipinski definition) is 5. The molecule has 0 radical (unpaired) electrons. The molecule has 8 heteroatoms. The van der Waals surface area contributed by atoms with Gasteiger partial charge >= 0.3 is 0 Å². The number of aromatic nitrogens is 5. The number of hydrogen-bond donors (Lipinski definition) is 1. The minimum Gasteiger partial charge on any atom is -0.381 e. The first-order valence-electron chi connectivity index (χ1n) is 8.42. The van der Waals surface area contributed by atoms with Gasteiger partial charge in [0.2, 0.25) is 0 Å². The van der Waals surface area contributed by atoms with Crippen LogP contribution in [-0.4, -0.2) is 23.8 Å². The molecule has 7 nitrogen and oxygen atoms in total. The van der Waals surface area contributed by atoms with Gasteiger partial charge in [-0.1, -0.05) is 0 Å². The number of nitrogens with two attached hydrogens (primary N) is 1. The summed E-state index contributed by atoms with van der Waals surface area (Å²) in [6.45, 7) is 0. The Balaban J connectivity index is 1.86. The summed E-state index contributed by atoms with van der Waals surface area (Å²) in [6.07, 6.45) is 6.77. The van der Waals surface area contributed by atoms with E-state index in [1.165, 1.54) is 18.3 Å². The Labute approximate surface area is 158 Å². The molecule has 1 aromatic carbocycles. The Bertz CT molecular complexity index is 1390. The number of halogens is 1. The van der Waals surface area contributed by atoms with Crippen LogP contribution in [0.4, 0.5) is 10.2 Å². The SMILES string of the molecule is N#Cc1cnc2ccc(-c3c(-c4ccc(F)cc4)nc(N)c4nccn34)cn12. The quantitative estimate of drug-likeness (QED) is 0.515. The number of benzene rings is 1. The number of nitriles is 1. The Morgan fingerprint density at radius 1 is 1.00 bits per heavy atom. The minimum absolute atomic E-state index is 0.273. The van der Waals surface area contributed by atoms with Gasteiger partial charge in [-0.2, -0.15) is 5.26 Å². The first-order chi connectivity index (χ1) is 13.7. The van der Waals surface area contributed by atoms with Crippen molar-refractivity contribution in [2.45, 2.75) is 0 Å². The summed E-state index contributed by atoms with van der Waals surface area (Å²) in [6, 6.07) is 11.9. The van der Waals surface area contributed by atoms with E-state index in [1.807, 2.05) is 22.7 Å². The average molecular weight is 369 g/mol. The fourth-order valence-electron chi connectivity index (χ4n) is 3.30. The molecule has 0 aliphatic carbocycles. The van der Waals surface area contributed by atoms with Crippen molar-refractivity contribution in [2.24, 2.45) is 0 Å². The lowest BCUT2D eigenvalue weighted by atomic mass is 10.0.